The topological polar surface area (TPSA) is 96.5 Å². The third-order valence-electron chi connectivity index (χ3n) is 4.74. The molecule has 0 aliphatic carbocycles. The highest BCUT2D eigenvalue weighted by molar-refractivity contribution is 6.30. The molecular weight excluding hydrogens is 454 g/mol. The van der Waals surface area contributed by atoms with Gasteiger partial charge in [0.05, 0.1) is 13.7 Å². The molecule has 0 aromatic heterocycles. The van der Waals surface area contributed by atoms with Gasteiger partial charge in [-0.3, -0.25) is 14.4 Å². The summed E-state index contributed by atoms with van der Waals surface area (Å²) in [6.45, 7) is 1.04. The molecule has 3 rings (SSSR count). The predicted octanol–water partition coefficient (Wildman–Crippen LogP) is 4.25. The smallest absolute Gasteiger partial charge is 0.268 e. The maximum Gasteiger partial charge on any atom is 0.268 e. The molecule has 7 nitrogen and oxygen atoms in total. The second kappa shape index (κ2) is 11.7. The highest BCUT2D eigenvalue weighted by atomic mass is 35.5. The van der Waals surface area contributed by atoms with Gasteiger partial charge in [-0.05, 0) is 59.2 Å². The molecule has 8 heteroatoms. The lowest BCUT2D eigenvalue weighted by molar-refractivity contribution is -0.123. The number of halogens is 1. The minimum absolute atomic E-state index is 0.0315. The molecule has 0 radical (unpaired) electrons. The maximum absolute atomic E-state index is 12.6. The van der Waals surface area contributed by atoms with E-state index in [-0.39, 0.29) is 12.2 Å². The molecule has 0 aliphatic heterocycles. The summed E-state index contributed by atoms with van der Waals surface area (Å²) in [7, 11) is 1.55. The van der Waals surface area contributed by atoms with Crippen LogP contribution in [-0.4, -0.2) is 31.4 Å². The number of ether oxygens (including phenoxy) is 1. The van der Waals surface area contributed by atoms with Gasteiger partial charge in [0, 0.05) is 17.6 Å². The number of rotatable bonds is 8. The summed E-state index contributed by atoms with van der Waals surface area (Å²) in [6, 6.07) is 21.7. The van der Waals surface area contributed by atoms with Gasteiger partial charge in [-0.1, -0.05) is 48.0 Å². The fourth-order valence-corrected chi connectivity index (χ4v) is 3.19. The molecule has 0 unspecified atom stereocenters. The molecule has 3 aromatic carbocycles. The second-order valence-electron chi connectivity index (χ2n) is 7.33. The Morgan fingerprint density at radius 3 is 2.03 bits per heavy atom. The molecular formula is C26H24ClN3O4. The zero-order chi connectivity index (χ0) is 24.5. The van der Waals surface area contributed by atoms with E-state index in [0.29, 0.717) is 22.0 Å². The Labute approximate surface area is 202 Å². The van der Waals surface area contributed by atoms with E-state index >= 15 is 0 Å². The first-order valence-corrected chi connectivity index (χ1v) is 10.8. The van der Waals surface area contributed by atoms with Crippen molar-refractivity contribution in [3.8, 4) is 16.9 Å². The average molecular weight is 478 g/mol. The van der Waals surface area contributed by atoms with Crippen LogP contribution in [0.3, 0.4) is 0 Å². The van der Waals surface area contributed by atoms with Crippen molar-refractivity contribution in [2.24, 2.45) is 0 Å². The number of carbonyl (C=O) groups excluding carboxylic acids is 3. The van der Waals surface area contributed by atoms with Crippen molar-refractivity contribution in [3.05, 3.63) is 89.1 Å². The number of methoxy groups -OCH3 is 1. The minimum Gasteiger partial charge on any atom is -0.497 e. The molecule has 0 saturated carbocycles. The van der Waals surface area contributed by atoms with Gasteiger partial charge in [0.1, 0.15) is 11.4 Å². The Kier molecular flexibility index (Phi) is 8.43. The molecule has 0 aliphatic rings. The first-order valence-electron chi connectivity index (χ1n) is 10.4. The zero-order valence-electron chi connectivity index (χ0n) is 18.7. The summed E-state index contributed by atoms with van der Waals surface area (Å²) in [5.41, 5.74) is 3.29. The molecule has 34 heavy (non-hydrogen) atoms. The third kappa shape index (κ3) is 7.21. The van der Waals surface area contributed by atoms with Crippen LogP contribution in [0.15, 0.2) is 78.5 Å². The quantitative estimate of drug-likeness (QED) is 0.422. The van der Waals surface area contributed by atoms with Gasteiger partial charge in [0.25, 0.3) is 5.91 Å². The van der Waals surface area contributed by atoms with Crippen LogP contribution >= 0.6 is 11.6 Å². The Bertz CT molecular complexity index is 1190. The number of hydrogen-bond donors (Lipinski definition) is 3. The molecule has 174 valence electrons. The lowest BCUT2D eigenvalue weighted by Gasteiger charge is -2.11. The molecule has 0 saturated heterocycles. The fraction of sp³-hybridized carbons (Fsp3) is 0.115. The zero-order valence-corrected chi connectivity index (χ0v) is 19.5. The highest BCUT2D eigenvalue weighted by Gasteiger charge is 2.13. The van der Waals surface area contributed by atoms with Gasteiger partial charge in [-0.2, -0.15) is 0 Å². The molecule has 0 fully saturated rings. The van der Waals surface area contributed by atoms with E-state index in [4.69, 9.17) is 16.3 Å². The summed E-state index contributed by atoms with van der Waals surface area (Å²) in [5.74, 6) is -0.727. The van der Waals surface area contributed by atoms with Crippen LogP contribution in [0.4, 0.5) is 5.69 Å². The van der Waals surface area contributed by atoms with Crippen molar-refractivity contribution in [2.45, 2.75) is 6.92 Å². The van der Waals surface area contributed by atoms with Crippen LogP contribution in [0.1, 0.15) is 12.5 Å². The summed E-state index contributed by atoms with van der Waals surface area (Å²) in [6.07, 6.45) is 1.55. The maximum atomic E-state index is 12.6. The third-order valence-corrected chi connectivity index (χ3v) is 4.99. The van der Waals surface area contributed by atoms with E-state index < -0.39 is 17.7 Å². The molecule has 0 atom stereocenters. The van der Waals surface area contributed by atoms with Gasteiger partial charge in [-0.25, -0.2) is 0 Å². The van der Waals surface area contributed by atoms with Gasteiger partial charge in [-0.15, -0.1) is 0 Å². The number of anilines is 1. The summed E-state index contributed by atoms with van der Waals surface area (Å²) in [4.78, 5) is 36.5. The molecule has 0 heterocycles. The average Bonchev–Trinajstić information content (AvgIpc) is 2.83. The Hall–Kier alpha value is -4.10. The molecule has 3 N–H and O–H groups in total. The Balaban J connectivity index is 1.65. The predicted molar refractivity (Wildman–Crippen MR) is 133 cm³/mol. The summed E-state index contributed by atoms with van der Waals surface area (Å²) in [5, 5.41) is 8.38. The van der Waals surface area contributed by atoms with Crippen LogP contribution < -0.4 is 20.7 Å². The van der Waals surface area contributed by atoms with Crippen LogP contribution in [0.2, 0.25) is 5.02 Å². The fourth-order valence-electron chi connectivity index (χ4n) is 3.06. The van der Waals surface area contributed by atoms with Crippen LogP contribution in [0, 0.1) is 0 Å². The molecule has 0 spiro atoms. The lowest BCUT2D eigenvalue weighted by Crippen LogP contribution is -2.38. The SMILES string of the molecule is COc1ccc(NC(=O)CNC(=O)C(=Cc2ccc(-c3ccc(Cl)cc3)cc2)NC(C)=O)cc1. The van der Waals surface area contributed by atoms with E-state index in [9.17, 15) is 14.4 Å². The van der Waals surface area contributed by atoms with Crippen molar-refractivity contribution in [2.75, 3.05) is 19.0 Å². The molecule has 0 bridgehead atoms. The number of hydrogen-bond acceptors (Lipinski definition) is 4. The van der Waals surface area contributed by atoms with Gasteiger partial charge in [0.2, 0.25) is 11.8 Å². The van der Waals surface area contributed by atoms with Crippen LogP contribution in [-0.2, 0) is 14.4 Å². The van der Waals surface area contributed by atoms with Gasteiger partial charge in [0.15, 0.2) is 0 Å². The van der Waals surface area contributed by atoms with Gasteiger partial charge >= 0.3 is 0 Å². The number of nitrogens with one attached hydrogen (secondary N) is 3. The van der Waals surface area contributed by atoms with E-state index in [2.05, 4.69) is 16.0 Å². The molecule has 3 aromatic rings. The van der Waals surface area contributed by atoms with Crippen molar-refractivity contribution >= 4 is 41.1 Å². The van der Waals surface area contributed by atoms with E-state index in [1.54, 1.807) is 37.5 Å². The van der Waals surface area contributed by atoms with Crippen molar-refractivity contribution in [3.63, 3.8) is 0 Å². The Morgan fingerprint density at radius 2 is 1.47 bits per heavy atom. The largest absolute Gasteiger partial charge is 0.497 e. The highest BCUT2D eigenvalue weighted by Crippen LogP contribution is 2.22. The minimum atomic E-state index is -0.582. The first-order chi connectivity index (χ1) is 16.3. The summed E-state index contributed by atoms with van der Waals surface area (Å²) >= 11 is 5.94. The lowest BCUT2D eigenvalue weighted by atomic mass is 10.0. The monoisotopic (exact) mass is 477 g/mol. The molecule has 3 amide bonds. The van der Waals surface area contributed by atoms with E-state index in [1.165, 1.54) is 6.92 Å². The normalized spacial score (nSPS) is 10.9. The van der Waals surface area contributed by atoms with Crippen LogP contribution in [0.25, 0.3) is 17.2 Å². The van der Waals surface area contributed by atoms with Crippen LogP contribution in [0.5, 0.6) is 5.75 Å². The standard InChI is InChI=1S/C26H24ClN3O4/c1-17(31)29-24(15-18-3-5-19(6-4-18)20-7-9-21(27)10-8-20)26(33)28-16-25(32)30-22-11-13-23(34-2)14-12-22/h3-15H,16H2,1-2H3,(H,28,33)(H,29,31)(H,30,32). The first kappa shape index (κ1) is 24.5. The second-order valence-corrected chi connectivity index (χ2v) is 7.76. The number of carbonyl (C=O) groups is 3. The van der Waals surface area contributed by atoms with Crippen molar-refractivity contribution in [1.82, 2.24) is 10.6 Å². The van der Waals surface area contributed by atoms with E-state index in [0.717, 1.165) is 11.1 Å². The number of benzene rings is 3. The Morgan fingerprint density at radius 1 is 0.882 bits per heavy atom. The summed E-state index contributed by atoms with van der Waals surface area (Å²) < 4.78 is 5.08. The van der Waals surface area contributed by atoms with Gasteiger partial charge < -0.3 is 20.7 Å². The van der Waals surface area contributed by atoms with Crippen molar-refractivity contribution < 1.29 is 19.1 Å². The number of amides is 3. The van der Waals surface area contributed by atoms with E-state index in [1.807, 2.05) is 48.5 Å². The van der Waals surface area contributed by atoms with Crippen molar-refractivity contribution in [1.29, 1.82) is 0 Å².